The first-order chi connectivity index (χ1) is 10.1. The number of hydrogen-bond acceptors (Lipinski definition) is 5. The molecule has 1 aromatic heterocycles. The van der Waals surface area contributed by atoms with Crippen molar-refractivity contribution in [3.63, 3.8) is 0 Å². The van der Waals surface area contributed by atoms with E-state index >= 15 is 0 Å². The SMILES string of the molecule is COC(=O)COc1cccc(NC(=O)c2ccoc2C)c1. The molecule has 0 fully saturated rings. The summed E-state index contributed by atoms with van der Waals surface area (Å²) in [6, 6.07) is 8.34. The van der Waals surface area contributed by atoms with Gasteiger partial charge in [-0.2, -0.15) is 0 Å². The van der Waals surface area contributed by atoms with Crippen molar-refractivity contribution in [2.75, 3.05) is 19.0 Å². The van der Waals surface area contributed by atoms with Gasteiger partial charge in [-0.1, -0.05) is 6.07 Å². The third-order valence-electron chi connectivity index (χ3n) is 2.78. The standard InChI is InChI=1S/C15H15NO5/c1-10-13(6-7-20-10)15(18)16-11-4-3-5-12(8-11)21-9-14(17)19-2/h3-8H,9H2,1-2H3,(H,16,18). The highest BCUT2D eigenvalue weighted by molar-refractivity contribution is 6.04. The van der Waals surface area contributed by atoms with E-state index in [2.05, 4.69) is 10.1 Å². The highest BCUT2D eigenvalue weighted by Gasteiger charge is 2.12. The van der Waals surface area contributed by atoms with Crippen molar-refractivity contribution in [3.8, 4) is 5.75 Å². The fraction of sp³-hybridized carbons (Fsp3) is 0.200. The normalized spacial score (nSPS) is 10.0. The van der Waals surface area contributed by atoms with E-state index in [0.717, 1.165) is 0 Å². The summed E-state index contributed by atoms with van der Waals surface area (Å²) in [4.78, 5) is 23.0. The Hall–Kier alpha value is -2.76. The maximum absolute atomic E-state index is 12.0. The first-order valence-corrected chi connectivity index (χ1v) is 6.25. The highest BCUT2D eigenvalue weighted by atomic mass is 16.6. The van der Waals surface area contributed by atoms with Gasteiger partial charge in [-0.05, 0) is 25.1 Å². The molecule has 0 radical (unpaired) electrons. The van der Waals surface area contributed by atoms with Gasteiger partial charge in [-0.3, -0.25) is 4.79 Å². The molecule has 6 heteroatoms. The molecule has 21 heavy (non-hydrogen) atoms. The number of anilines is 1. The summed E-state index contributed by atoms with van der Waals surface area (Å²) in [5, 5.41) is 2.73. The number of benzene rings is 1. The highest BCUT2D eigenvalue weighted by Crippen LogP contribution is 2.19. The molecule has 1 amide bonds. The van der Waals surface area contributed by atoms with Gasteiger partial charge in [0.25, 0.3) is 5.91 Å². The van der Waals surface area contributed by atoms with E-state index in [1.54, 1.807) is 37.3 Å². The van der Waals surface area contributed by atoms with Gasteiger partial charge in [0.15, 0.2) is 6.61 Å². The molecule has 1 N–H and O–H groups in total. The molecule has 6 nitrogen and oxygen atoms in total. The minimum absolute atomic E-state index is 0.186. The lowest BCUT2D eigenvalue weighted by Crippen LogP contribution is -2.14. The molecular formula is C15H15NO5. The molecule has 0 unspecified atom stereocenters. The number of aryl methyl sites for hydroxylation is 1. The minimum atomic E-state index is -0.474. The maximum Gasteiger partial charge on any atom is 0.343 e. The Bertz CT molecular complexity index is 647. The van der Waals surface area contributed by atoms with Gasteiger partial charge in [0.2, 0.25) is 0 Å². The van der Waals surface area contributed by atoms with Gasteiger partial charge in [-0.25, -0.2) is 4.79 Å². The number of carbonyl (C=O) groups is 2. The van der Waals surface area contributed by atoms with Crippen LogP contribution < -0.4 is 10.1 Å². The number of hydrogen-bond donors (Lipinski definition) is 1. The Morgan fingerprint density at radius 1 is 1.29 bits per heavy atom. The second-order valence-electron chi connectivity index (χ2n) is 4.24. The number of esters is 1. The molecule has 0 saturated carbocycles. The number of ether oxygens (including phenoxy) is 2. The fourth-order valence-corrected chi connectivity index (χ4v) is 1.68. The van der Waals surface area contributed by atoms with E-state index in [1.165, 1.54) is 13.4 Å². The zero-order chi connectivity index (χ0) is 15.2. The Morgan fingerprint density at radius 2 is 2.10 bits per heavy atom. The number of amides is 1. The molecule has 1 heterocycles. The fourth-order valence-electron chi connectivity index (χ4n) is 1.68. The largest absolute Gasteiger partial charge is 0.482 e. The summed E-state index contributed by atoms with van der Waals surface area (Å²) in [6.07, 6.45) is 1.46. The molecule has 0 aliphatic heterocycles. The summed E-state index contributed by atoms with van der Waals surface area (Å²) in [5.41, 5.74) is 1.03. The minimum Gasteiger partial charge on any atom is -0.482 e. The van der Waals surface area contributed by atoms with Crippen molar-refractivity contribution in [1.29, 1.82) is 0 Å². The van der Waals surface area contributed by atoms with Crippen LogP contribution in [0.1, 0.15) is 16.1 Å². The molecule has 2 aromatic rings. The van der Waals surface area contributed by atoms with E-state index < -0.39 is 5.97 Å². The first-order valence-electron chi connectivity index (χ1n) is 6.25. The van der Waals surface area contributed by atoms with Crippen LogP contribution in [0.15, 0.2) is 41.0 Å². The van der Waals surface area contributed by atoms with Crippen LogP contribution in [-0.4, -0.2) is 25.6 Å². The summed E-state index contributed by atoms with van der Waals surface area (Å²) in [7, 11) is 1.29. The lowest BCUT2D eigenvalue weighted by atomic mass is 10.2. The van der Waals surface area contributed by atoms with Crippen LogP contribution in [0.5, 0.6) is 5.75 Å². The molecule has 0 bridgehead atoms. The van der Waals surface area contributed by atoms with Crippen LogP contribution in [0.2, 0.25) is 0 Å². The van der Waals surface area contributed by atoms with E-state index in [9.17, 15) is 9.59 Å². The Morgan fingerprint density at radius 3 is 2.76 bits per heavy atom. The maximum atomic E-state index is 12.0. The monoisotopic (exact) mass is 289 g/mol. The van der Waals surface area contributed by atoms with Crippen molar-refractivity contribution in [3.05, 3.63) is 47.9 Å². The smallest absolute Gasteiger partial charge is 0.343 e. The third kappa shape index (κ3) is 3.85. The number of methoxy groups -OCH3 is 1. The second-order valence-corrected chi connectivity index (χ2v) is 4.24. The van der Waals surface area contributed by atoms with Crippen molar-refractivity contribution in [2.24, 2.45) is 0 Å². The van der Waals surface area contributed by atoms with Gasteiger partial charge in [0.1, 0.15) is 11.5 Å². The molecule has 1 aromatic carbocycles. The predicted octanol–water partition coefficient (Wildman–Crippen LogP) is 2.39. The Kier molecular flexibility index (Phi) is 4.61. The van der Waals surface area contributed by atoms with Gasteiger partial charge >= 0.3 is 5.97 Å². The number of nitrogens with one attached hydrogen (secondary N) is 1. The van der Waals surface area contributed by atoms with Crippen molar-refractivity contribution in [1.82, 2.24) is 0 Å². The van der Waals surface area contributed by atoms with Crippen LogP contribution in [0.3, 0.4) is 0 Å². The number of carbonyl (C=O) groups excluding carboxylic acids is 2. The zero-order valence-corrected chi connectivity index (χ0v) is 11.7. The lowest BCUT2D eigenvalue weighted by Gasteiger charge is -2.08. The Labute approximate surface area is 121 Å². The molecule has 0 aliphatic rings. The Balaban J connectivity index is 2.02. The summed E-state index contributed by atoms with van der Waals surface area (Å²) >= 11 is 0. The molecular weight excluding hydrogens is 274 g/mol. The summed E-state index contributed by atoms with van der Waals surface area (Å²) in [5.74, 6) is 0.262. The summed E-state index contributed by atoms with van der Waals surface area (Å²) in [6.45, 7) is 1.53. The van der Waals surface area contributed by atoms with E-state index in [-0.39, 0.29) is 12.5 Å². The third-order valence-corrected chi connectivity index (χ3v) is 2.78. The zero-order valence-electron chi connectivity index (χ0n) is 11.7. The van der Waals surface area contributed by atoms with Crippen molar-refractivity contribution in [2.45, 2.75) is 6.92 Å². The van der Waals surface area contributed by atoms with E-state index in [0.29, 0.717) is 22.8 Å². The molecule has 110 valence electrons. The molecule has 0 atom stereocenters. The van der Waals surface area contributed by atoms with Crippen LogP contribution in [0, 0.1) is 6.92 Å². The predicted molar refractivity (Wildman–Crippen MR) is 75.4 cm³/mol. The van der Waals surface area contributed by atoms with E-state index in [1.807, 2.05) is 0 Å². The van der Waals surface area contributed by atoms with E-state index in [4.69, 9.17) is 9.15 Å². The van der Waals surface area contributed by atoms with Gasteiger partial charge < -0.3 is 19.2 Å². The number of furan rings is 1. The molecule has 0 saturated heterocycles. The molecule has 0 spiro atoms. The van der Waals surface area contributed by atoms with Crippen molar-refractivity contribution >= 4 is 17.6 Å². The average molecular weight is 289 g/mol. The lowest BCUT2D eigenvalue weighted by molar-refractivity contribution is -0.142. The van der Waals surface area contributed by atoms with Gasteiger partial charge in [0, 0.05) is 11.8 Å². The van der Waals surface area contributed by atoms with Crippen LogP contribution in [0.4, 0.5) is 5.69 Å². The van der Waals surface area contributed by atoms with Gasteiger partial charge in [-0.15, -0.1) is 0 Å². The topological polar surface area (TPSA) is 77.8 Å². The van der Waals surface area contributed by atoms with Crippen molar-refractivity contribution < 1.29 is 23.5 Å². The number of rotatable bonds is 5. The van der Waals surface area contributed by atoms with Crippen LogP contribution in [-0.2, 0) is 9.53 Å². The van der Waals surface area contributed by atoms with Crippen LogP contribution in [0.25, 0.3) is 0 Å². The molecule has 0 aliphatic carbocycles. The van der Waals surface area contributed by atoms with Gasteiger partial charge in [0.05, 0.1) is 18.9 Å². The quantitative estimate of drug-likeness (QED) is 0.855. The van der Waals surface area contributed by atoms with Crippen LogP contribution >= 0.6 is 0 Å². The molecule has 2 rings (SSSR count). The summed E-state index contributed by atoms with van der Waals surface area (Å²) < 4.78 is 14.8. The average Bonchev–Trinajstić information content (AvgIpc) is 2.91. The first kappa shape index (κ1) is 14.6. The second kappa shape index (κ2) is 6.60.